The maximum atomic E-state index is 5.57. The molecule has 0 aliphatic carbocycles. The molecule has 3 heteroatoms. The summed E-state index contributed by atoms with van der Waals surface area (Å²) < 4.78 is 16.1. The number of unbranched alkanes of at least 4 members (excludes halogenated alkanes) is 2. The Morgan fingerprint density at radius 3 is 2.79 bits per heavy atom. The molecule has 0 bridgehead atoms. The zero-order chi connectivity index (χ0) is 9.86. The van der Waals surface area contributed by atoms with Crippen LogP contribution in [0.1, 0.15) is 32.6 Å². The normalized spacial score (nSPS) is 34.5. The summed E-state index contributed by atoms with van der Waals surface area (Å²) in [7, 11) is 0. The summed E-state index contributed by atoms with van der Waals surface area (Å²) >= 11 is 0. The van der Waals surface area contributed by atoms with Gasteiger partial charge in [-0.15, -0.1) is 0 Å². The fourth-order valence-electron chi connectivity index (χ4n) is 1.64. The van der Waals surface area contributed by atoms with E-state index < -0.39 is 0 Å². The van der Waals surface area contributed by atoms with Crippen molar-refractivity contribution in [2.24, 2.45) is 0 Å². The summed E-state index contributed by atoms with van der Waals surface area (Å²) in [5, 5.41) is 0. The Morgan fingerprint density at radius 2 is 2.21 bits per heavy atom. The van der Waals surface area contributed by atoms with Crippen LogP contribution in [0.3, 0.4) is 0 Å². The molecule has 0 radical (unpaired) electrons. The minimum Gasteiger partial charge on any atom is -0.376 e. The Bertz CT molecular complexity index is 173. The second kappa shape index (κ2) is 4.60. The molecule has 2 rings (SSSR count). The highest BCUT2D eigenvalue weighted by Gasteiger charge is 2.44. The lowest BCUT2D eigenvalue weighted by Gasteiger charge is -2.11. The summed E-state index contributed by atoms with van der Waals surface area (Å²) in [4.78, 5) is 0. The van der Waals surface area contributed by atoms with Gasteiger partial charge in [0, 0.05) is 0 Å². The Morgan fingerprint density at radius 1 is 1.43 bits per heavy atom. The molecule has 2 heterocycles. The van der Waals surface area contributed by atoms with Crippen molar-refractivity contribution in [2.45, 2.75) is 44.3 Å². The zero-order valence-electron chi connectivity index (χ0n) is 8.96. The predicted octanol–water partition coefficient (Wildman–Crippen LogP) is 1.75. The van der Waals surface area contributed by atoms with Gasteiger partial charge in [0.15, 0.2) is 0 Å². The first-order valence-electron chi connectivity index (χ1n) is 5.68. The van der Waals surface area contributed by atoms with Crippen LogP contribution in [0.25, 0.3) is 0 Å². The number of epoxide rings is 2. The molecule has 0 aromatic carbocycles. The van der Waals surface area contributed by atoms with Crippen molar-refractivity contribution in [3.05, 3.63) is 0 Å². The first-order valence-corrected chi connectivity index (χ1v) is 5.68. The largest absolute Gasteiger partial charge is 0.376 e. The van der Waals surface area contributed by atoms with Gasteiger partial charge in [-0.2, -0.15) is 0 Å². The van der Waals surface area contributed by atoms with Gasteiger partial charge in [-0.1, -0.05) is 26.2 Å². The van der Waals surface area contributed by atoms with Gasteiger partial charge in [0.1, 0.15) is 11.7 Å². The molecule has 2 aliphatic rings. The van der Waals surface area contributed by atoms with Crippen LogP contribution in [0.5, 0.6) is 0 Å². The first kappa shape index (κ1) is 10.4. The van der Waals surface area contributed by atoms with Gasteiger partial charge in [0.25, 0.3) is 0 Å². The Hall–Kier alpha value is -0.120. The van der Waals surface area contributed by atoms with Gasteiger partial charge >= 0.3 is 0 Å². The van der Waals surface area contributed by atoms with Gasteiger partial charge in [-0.05, 0) is 6.42 Å². The van der Waals surface area contributed by atoms with E-state index in [4.69, 9.17) is 14.2 Å². The van der Waals surface area contributed by atoms with Gasteiger partial charge in [-0.25, -0.2) is 0 Å². The Labute approximate surface area is 85.7 Å². The Kier molecular flexibility index (Phi) is 3.42. The average Bonchev–Trinajstić information content (AvgIpc) is 3.03. The van der Waals surface area contributed by atoms with Crippen LogP contribution in [-0.4, -0.2) is 38.1 Å². The second-order valence-electron chi connectivity index (χ2n) is 4.40. The highest BCUT2D eigenvalue weighted by atomic mass is 16.6. The van der Waals surface area contributed by atoms with E-state index in [2.05, 4.69) is 6.92 Å². The van der Waals surface area contributed by atoms with E-state index in [1.807, 2.05) is 0 Å². The molecular weight excluding hydrogens is 180 g/mol. The third-order valence-corrected chi connectivity index (χ3v) is 2.86. The molecule has 2 atom stereocenters. The minimum atomic E-state index is 0.0874. The van der Waals surface area contributed by atoms with Gasteiger partial charge in [0.2, 0.25) is 0 Å². The molecule has 0 N–H and O–H groups in total. The van der Waals surface area contributed by atoms with Crippen molar-refractivity contribution in [1.82, 2.24) is 0 Å². The maximum absolute atomic E-state index is 5.57. The molecular formula is C11H20O3. The van der Waals surface area contributed by atoms with Crippen molar-refractivity contribution in [3.63, 3.8) is 0 Å². The molecule has 3 nitrogen and oxygen atoms in total. The molecule has 2 unspecified atom stereocenters. The van der Waals surface area contributed by atoms with Crippen LogP contribution in [0.15, 0.2) is 0 Å². The number of ether oxygens (including phenoxy) is 3. The standard InChI is InChI=1S/C11H20O3/c1-2-3-4-5-11(9-14-11)8-12-6-10-7-13-10/h10H,2-9H2,1H3. The van der Waals surface area contributed by atoms with Crippen molar-refractivity contribution < 1.29 is 14.2 Å². The minimum absolute atomic E-state index is 0.0874. The molecule has 0 spiro atoms. The van der Waals surface area contributed by atoms with Crippen molar-refractivity contribution in [2.75, 3.05) is 26.4 Å². The fourth-order valence-corrected chi connectivity index (χ4v) is 1.64. The summed E-state index contributed by atoms with van der Waals surface area (Å²) in [5.74, 6) is 0. The van der Waals surface area contributed by atoms with Crippen LogP contribution < -0.4 is 0 Å². The lowest BCUT2D eigenvalue weighted by Crippen LogP contribution is -2.21. The number of rotatable bonds is 8. The van der Waals surface area contributed by atoms with E-state index in [1.165, 1.54) is 19.3 Å². The molecule has 0 aromatic rings. The molecule has 2 saturated heterocycles. The van der Waals surface area contributed by atoms with Crippen LogP contribution in [0.2, 0.25) is 0 Å². The van der Waals surface area contributed by atoms with Crippen LogP contribution in [-0.2, 0) is 14.2 Å². The van der Waals surface area contributed by atoms with Gasteiger partial charge in [-0.3, -0.25) is 0 Å². The molecule has 82 valence electrons. The van der Waals surface area contributed by atoms with Crippen LogP contribution >= 0.6 is 0 Å². The maximum Gasteiger partial charge on any atom is 0.115 e. The lowest BCUT2D eigenvalue weighted by molar-refractivity contribution is 0.0638. The van der Waals surface area contributed by atoms with E-state index in [1.54, 1.807) is 0 Å². The summed E-state index contributed by atoms with van der Waals surface area (Å²) in [5.41, 5.74) is 0.0874. The molecule has 0 amide bonds. The Balaban J connectivity index is 1.53. The fraction of sp³-hybridized carbons (Fsp3) is 1.00. The van der Waals surface area contributed by atoms with E-state index in [0.29, 0.717) is 6.10 Å². The third kappa shape index (κ3) is 3.23. The monoisotopic (exact) mass is 200 g/mol. The SMILES string of the molecule is CCCCCC1(COCC2CO2)CO1. The average molecular weight is 200 g/mol. The van der Waals surface area contributed by atoms with Crippen molar-refractivity contribution in [3.8, 4) is 0 Å². The predicted molar refractivity (Wildman–Crippen MR) is 53.4 cm³/mol. The van der Waals surface area contributed by atoms with Crippen LogP contribution in [0.4, 0.5) is 0 Å². The summed E-state index contributed by atoms with van der Waals surface area (Å²) in [6.45, 7) is 5.50. The first-order chi connectivity index (χ1) is 6.85. The third-order valence-electron chi connectivity index (χ3n) is 2.86. The van der Waals surface area contributed by atoms with Gasteiger partial charge in [0.05, 0.1) is 26.4 Å². The zero-order valence-corrected chi connectivity index (χ0v) is 8.96. The highest BCUT2D eigenvalue weighted by Crippen LogP contribution is 2.33. The quantitative estimate of drug-likeness (QED) is 0.442. The van der Waals surface area contributed by atoms with E-state index in [-0.39, 0.29) is 5.60 Å². The second-order valence-corrected chi connectivity index (χ2v) is 4.40. The molecule has 14 heavy (non-hydrogen) atoms. The molecule has 0 saturated carbocycles. The lowest BCUT2D eigenvalue weighted by atomic mass is 10.0. The summed E-state index contributed by atoms with van der Waals surface area (Å²) in [6.07, 6.45) is 5.37. The van der Waals surface area contributed by atoms with Crippen molar-refractivity contribution >= 4 is 0 Å². The molecule has 2 aliphatic heterocycles. The van der Waals surface area contributed by atoms with E-state index >= 15 is 0 Å². The van der Waals surface area contributed by atoms with Gasteiger partial charge < -0.3 is 14.2 Å². The van der Waals surface area contributed by atoms with Crippen LogP contribution in [0, 0.1) is 0 Å². The molecule has 2 fully saturated rings. The van der Waals surface area contributed by atoms with E-state index in [9.17, 15) is 0 Å². The highest BCUT2D eigenvalue weighted by molar-refractivity contribution is 4.92. The summed E-state index contributed by atoms with van der Waals surface area (Å²) in [6, 6.07) is 0. The number of hydrogen-bond acceptors (Lipinski definition) is 3. The number of hydrogen-bond donors (Lipinski definition) is 0. The topological polar surface area (TPSA) is 34.3 Å². The smallest absolute Gasteiger partial charge is 0.115 e. The van der Waals surface area contributed by atoms with Crippen molar-refractivity contribution in [1.29, 1.82) is 0 Å². The molecule has 0 aromatic heterocycles. The van der Waals surface area contributed by atoms with E-state index in [0.717, 1.165) is 32.8 Å².